The third-order valence-electron chi connectivity index (χ3n) is 13.7. The van der Waals surface area contributed by atoms with Crippen LogP contribution in [-0.4, -0.2) is 49.6 Å². The van der Waals surface area contributed by atoms with E-state index in [1.54, 1.807) is 0 Å². The number of ketones is 1. The van der Waals surface area contributed by atoms with Crippen molar-refractivity contribution in [2.45, 2.75) is 98.7 Å². The van der Waals surface area contributed by atoms with E-state index < -0.39 is 11.2 Å². The summed E-state index contributed by atoms with van der Waals surface area (Å²) in [6.07, 6.45) is 9.41. The number of hydrogen-bond acceptors (Lipinski definition) is 6. The molecule has 39 heavy (non-hydrogen) atoms. The number of carbonyl (C=O) groups excluding carboxylic acids is 2. The summed E-state index contributed by atoms with van der Waals surface area (Å²) >= 11 is 0. The molecule has 0 amide bonds. The van der Waals surface area contributed by atoms with Gasteiger partial charge in [0.15, 0.2) is 11.6 Å². The first-order chi connectivity index (χ1) is 18.2. The average Bonchev–Trinajstić information content (AvgIpc) is 3.37. The highest BCUT2D eigenvalue weighted by molar-refractivity contribution is 5.95. The lowest BCUT2D eigenvalue weighted by molar-refractivity contribution is -0.302. The molecule has 9 atom stereocenters. The number of esters is 1. The zero-order valence-electron chi connectivity index (χ0n) is 25.2. The molecular formula is C33H50O6. The van der Waals surface area contributed by atoms with Crippen LogP contribution in [0, 0.1) is 56.7 Å². The van der Waals surface area contributed by atoms with E-state index in [4.69, 9.17) is 14.2 Å². The van der Waals surface area contributed by atoms with Gasteiger partial charge < -0.3 is 19.3 Å². The maximum absolute atomic E-state index is 14.4. The first kappa shape index (κ1) is 27.9. The van der Waals surface area contributed by atoms with Crippen molar-refractivity contribution in [3.8, 4) is 0 Å². The molecule has 0 aromatic carbocycles. The Morgan fingerprint density at radius 2 is 1.67 bits per heavy atom. The first-order valence-corrected chi connectivity index (χ1v) is 15.5. The van der Waals surface area contributed by atoms with Crippen LogP contribution in [-0.2, 0) is 23.8 Å². The molecule has 6 aliphatic rings. The van der Waals surface area contributed by atoms with Crippen LogP contribution in [0.3, 0.4) is 0 Å². The van der Waals surface area contributed by atoms with E-state index >= 15 is 0 Å². The fourth-order valence-electron chi connectivity index (χ4n) is 11.7. The van der Waals surface area contributed by atoms with Gasteiger partial charge in [0.1, 0.15) is 0 Å². The van der Waals surface area contributed by atoms with Gasteiger partial charge in [-0.05, 0) is 90.4 Å². The Bertz CT molecular complexity index is 1090. The molecule has 1 unspecified atom stereocenters. The highest BCUT2D eigenvalue weighted by Gasteiger charge is 2.72. The van der Waals surface area contributed by atoms with Crippen LogP contribution in [0.25, 0.3) is 0 Å². The lowest BCUT2D eigenvalue weighted by Gasteiger charge is -2.70. The molecule has 1 spiro atoms. The molecule has 218 valence electrons. The molecule has 5 fully saturated rings. The fraction of sp³-hybridized carbons (Fsp3) is 0.879. The molecule has 5 aliphatic carbocycles. The summed E-state index contributed by atoms with van der Waals surface area (Å²) in [7, 11) is 1.50. The van der Waals surface area contributed by atoms with Crippen LogP contribution in [0.2, 0.25) is 0 Å². The van der Waals surface area contributed by atoms with Gasteiger partial charge in [-0.2, -0.15) is 0 Å². The van der Waals surface area contributed by atoms with Gasteiger partial charge >= 0.3 is 5.97 Å². The van der Waals surface area contributed by atoms with Gasteiger partial charge in [-0.15, -0.1) is 0 Å². The first-order valence-electron chi connectivity index (χ1n) is 15.5. The van der Waals surface area contributed by atoms with Crippen LogP contribution in [0.4, 0.5) is 0 Å². The quantitative estimate of drug-likeness (QED) is 0.450. The van der Waals surface area contributed by atoms with E-state index in [2.05, 4.69) is 47.6 Å². The maximum Gasteiger partial charge on any atom is 0.308 e. The lowest BCUT2D eigenvalue weighted by Crippen LogP contribution is -2.67. The van der Waals surface area contributed by atoms with Crippen molar-refractivity contribution in [3.05, 3.63) is 11.6 Å². The van der Waals surface area contributed by atoms with Gasteiger partial charge in [0, 0.05) is 17.8 Å². The van der Waals surface area contributed by atoms with Crippen molar-refractivity contribution >= 4 is 11.8 Å². The van der Waals surface area contributed by atoms with Crippen LogP contribution in [0.15, 0.2) is 11.6 Å². The van der Waals surface area contributed by atoms with Gasteiger partial charge in [-0.25, -0.2) is 0 Å². The standard InChI is InChI=1S/C33H50O6/c1-28(2)17-21-20(22(18-28)27(36)37-7)8-10-31(5)26(21)23(35)16-25-29(3)12-13-33(38-14-15-39-33)32(6,19-34)24(29)9-11-30(25,31)4/h16,20-22,24,26,34H,8-15,17-19H2,1-7H3/t20?,21-,22-,24-,26+,29+,30-,31-,32+/m1/s1. The van der Waals surface area contributed by atoms with E-state index in [9.17, 15) is 14.7 Å². The number of methoxy groups -OCH3 is 1. The second-order valence-electron chi connectivity index (χ2n) is 15.8. The molecule has 1 heterocycles. The van der Waals surface area contributed by atoms with Gasteiger partial charge in [-0.3, -0.25) is 9.59 Å². The molecule has 0 aromatic heterocycles. The molecule has 1 aliphatic heterocycles. The van der Waals surface area contributed by atoms with Gasteiger partial charge in [0.2, 0.25) is 0 Å². The highest BCUT2D eigenvalue weighted by atomic mass is 16.7. The number of ether oxygens (including phenoxy) is 3. The molecule has 1 saturated heterocycles. The predicted molar refractivity (Wildman–Crippen MR) is 147 cm³/mol. The fourth-order valence-corrected chi connectivity index (χ4v) is 11.7. The third-order valence-corrected chi connectivity index (χ3v) is 13.7. The van der Waals surface area contributed by atoms with Gasteiger partial charge in [0.05, 0.1) is 32.8 Å². The Kier molecular flexibility index (Phi) is 6.18. The van der Waals surface area contributed by atoms with Gasteiger partial charge in [0.25, 0.3) is 0 Å². The Hall–Kier alpha value is -1.24. The van der Waals surface area contributed by atoms with Crippen LogP contribution >= 0.6 is 0 Å². The van der Waals surface area contributed by atoms with Crippen molar-refractivity contribution in [1.82, 2.24) is 0 Å². The number of aliphatic hydroxyl groups is 1. The third kappa shape index (κ3) is 3.43. The maximum atomic E-state index is 14.4. The summed E-state index contributed by atoms with van der Waals surface area (Å²) in [6.45, 7) is 15.0. The number of aliphatic hydroxyl groups excluding tert-OH is 1. The minimum atomic E-state index is -0.736. The minimum Gasteiger partial charge on any atom is -0.469 e. The van der Waals surface area contributed by atoms with Crippen LogP contribution < -0.4 is 0 Å². The summed E-state index contributed by atoms with van der Waals surface area (Å²) in [5.74, 6) is -0.194. The van der Waals surface area contributed by atoms with Crippen molar-refractivity contribution in [2.24, 2.45) is 56.7 Å². The topological polar surface area (TPSA) is 82.1 Å². The Balaban J connectivity index is 1.43. The van der Waals surface area contributed by atoms with Crippen molar-refractivity contribution < 1.29 is 28.9 Å². The Labute approximate surface area is 234 Å². The Morgan fingerprint density at radius 3 is 2.31 bits per heavy atom. The summed E-state index contributed by atoms with van der Waals surface area (Å²) < 4.78 is 17.9. The van der Waals surface area contributed by atoms with Crippen molar-refractivity contribution in [3.63, 3.8) is 0 Å². The van der Waals surface area contributed by atoms with Crippen molar-refractivity contribution in [2.75, 3.05) is 26.9 Å². The largest absolute Gasteiger partial charge is 0.469 e. The number of rotatable bonds is 2. The monoisotopic (exact) mass is 542 g/mol. The summed E-state index contributed by atoms with van der Waals surface area (Å²) in [6, 6.07) is 0. The molecule has 6 nitrogen and oxygen atoms in total. The molecule has 1 N–H and O–H groups in total. The van der Waals surface area contributed by atoms with E-state index in [-0.39, 0.29) is 69.6 Å². The zero-order valence-corrected chi connectivity index (χ0v) is 25.2. The smallest absolute Gasteiger partial charge is 0.308 e. The average molecular weight is 543 g/mol. The van der Waals surface area contributed by atoms with Crippen LogP contribution in [0.5, 0.6) is 0 Å². The number of allylic oxidation sites excluding steroid dienone is 2. The molecule has 6 rings (SSSR count). The van der Waals surface area contributed by atoms with E-state index in [0.29, 0.717) is 13.2 Å². The lowest BCUT2D eigenvalue weighted by atomic mass is 9.34. The summed E-state index contributed by atoms with van der Waals surface area (Å²) in [5, 5.41) is 10.9. The normalized spacial score (nSPS) is 49.8. The number of hydrogen-bond donors (Lipinski definition) is 1. The van der Waals surface area contributed by atoms with E-state index in [1.807, 2.05) is 0 Å². The second-order valence-corrected chi connectivity index (χ2v) is 15.8. The predicted octanol–water partition coefficient (Wildman–Crippen LogP) is 5.71. The molecule has 0 aromatic rings. The van der Waals surface area contributed by atoms with E-state index in [0.717, 1.165) is 51.4 Å². The molecule has 0 bridgehead atoms. The highest BCUT2D eigenvalue weighted by Crippen LogP contribution is 2.75. The zero-order chi connectivity index (χ0) is 28.2. The van der Waals surface area contributed by atoms with E-state index in [1.165, 1.54) is 12.7 Å². The molecular weight excluding hydrogens is 492 g/mol. The summed E-state index contributed by atoms with van der Waals surface area (Å²) in [5.41, 5.74) is 0.296. The minimum absolute atomic E-state index is 0.00496. The molecule has 6 heteroatoms. The molecule has 0 radical (unpaired) electrons. The Morgan fingerprint density at radius 1 is 0.974 bits per heavy atom. The SMILES string of the molecule is COC(=O)[C@@H]1CC(C)(C)C[C@@H]2C1CC[C@]1(C)[C@@H]2C(=O)C=C2[C@@]3(C)CCC4(OCCO4)[C@@](C)(CO)[C@@H]3CC[C@]21C. The number of fused-ring (bicyclic) bond motifs is 7. The van der Waals surface area contributed by atoms with Gasteiger partial charge in [-0.1, -0.05) is 47.1 Å². The van der Waals surface area contributed by atoms with Crippen LogP contribution in [0.1, 0.15) is 92.9 Å². The second kappa shape index (κ2) is 8.64. The summed E-state index contributed by atoms with van der Waals surface area (Å²) in [4.78, 5) is 27.4. The molecule has 4 saturated carbocycles. The number of carbonyl (C=O) groups is 2. The van der Waals surface area contributed by atoms with Crippen molar-refractivity contribution in [1.29, 1.82) is 0 Å².